The number of aromatic nitrogens is 2. The molecule has 1 atom stereocenters. The SMILES string of the molecule is COc1ccc(NC(=O)C2CCCN(c3nc4ccsc4c(=O)n3-c3ccc(C)cc3)C2)cc1. The average molecular weight is 475 g/mol. The van der Waals surface area contributed by atoms with Gasteiger partial charge in [-0.15, -0.1) is 11.3 Å². The summed E-state index contributed by atoms with van der Waals surface area (Å²) in [6.07, 6.45) is 1.63. The van der Waals surface area contributed by atoms with Crippen molar-refractivity contribution in [2.45, 2.75) is 19.8 Å². The molecule has 3 heterocycles. The molecule has 0 aliphatic carbocycles. The van der Waals surface area contributed by atoms with E-state index in [1.54, 1.807) is 11.7 Å². The van der Waals surface area contributed by atoms with Crippen LogP contribution in [0.4, 0.5) is 11.6 Å². The van der Waals surface area contributed by atoms with E-state index in [-0.39, 0.29) is 17.4 Å². The van der Waals surface area contributed by atoms with E-state index >= 15 is 0 Å². The summed E-state index contributed by atoms with van der Waals surface area (Å²) in [6, 6.07) is 17.1. The van der Waals surface area contributed by atoms with Crippen molar-refractivity contribution in [2.24, 2.45) is 5.92 Å². The summed E-state index contributed by atoms with van der Waals surface area (Å²) < 4.78 is 7.51. The van der Waals surface area contributed by atoms with E-state index in [2.05, 4.69) is 10.2 Å². The number of thiophene rings is 1. The van der Waals surface area contributed by atoms with E-state index in [1.165, 1.54) is 11.3 Å². The van der Waals surface area contributed by atoms with Crippen molar-refractivity contribution >= 4 is 39.1 Å². The fourth-order valence-corrected chi connectivity index (χ4v) is 5.09. The molecule has 5 rings (SSSR count). The molecule has 7 nitrogen and oxygen atoms in total. The number of rotatable bonds is 5. The molecule has 0 saturated carbocycles. The van der Waals surface area contributed by atoms with Gasteiger partial charge in [0.15, 0.2) is 0 Å². The minimum absolute atomic E-state index is 0.0317. The fourth-order valence-electron chi connectivity index (χ4n) is 4.33. The van der Waals surface area contributed by atoms with Crippen LogP contribution in [0.2, 0.25) is 0 Å². The second kappa shape index (κ2) is 9.30. The summed E-state index contributed by atoms with van der Waals surface area (Å²) in [7, 11) is 1.61. The number of methoxy groups -OCH3 is 1. The highest BCUT2D eigenvalue weighted by atomic mass is 32.1. The molecule has 1 unspecified atom stereocenters. The molecule has 2 aromatic carbocycles. The third kappa shape index (κ3) is 4.28. The van der Waals surface area contributed by atoms with Gasteiger partial charge in [0.25, 0.3) is 5.56 Å². The van der Waals surface area contributed by atoms with Crippen LogP contribution in [0.3, 0.4) is 0 Å². The molecule has 0 radical (unpaired) electrons. The molecule has 174 valence electrons. The largest absolute Gasteiger partial charge is 0.497 e. The first kappa shape index (κ1) is 22.2. The highest BCUT2D eigenvalue weighted by molar-refractivity contribution is 7.17. The maximum absolute atomic E-state index is 13.5. The highest BCUT2D eigenvalue weighted by Crippen LogP contribution is 2.27. The number of hydrogen-bond donors (Lipinski definition) is 1. The zero-order valence-corrected chi connectivity index (χ0v) is 20.0. The van der Waals surface area contributed by atoms with Crippen LogP contribution in [-0.4, -0.2) is 35.7 Å². The molecule has 0 bridgehead atoms. The number of carbonyl (C=O) groups is 1. The lowest BCUT2D eigenvalue weighted by Gasteiger charge is -2.34. The van der Waals surface area contributed by atoms with E-state index in [0.29, 0.717) is 22.7 Å². The van der Waals surface area contributed by atoms with Crippen molar-refractivity contribution in [1.29, 1.82) is 0 Å². The minimum atomic E-state index is -0.211. The van der Waals surface area contributed by atoms with Gasteiger partial charge in [0.05, 0.1) is 24.2 Å². The number of aryl methyl sites for hydroxylation is 1. The predicted molar refractivity (Wildman–Crippen MR) is 137 cm³/mol. The normalized spacial score (nSPS) is 15.9. The topological polar surface area (TPSA) is 76.5 Å². The molecule has 8 heteroatoms. The number of ether oxygens (including phenoxy) is 1. The highest BCUT2D eigenvalue weighted by Gasteiger charge is 2.29. The molecular weight excluding hydrogens is 448 g/mol. The van der Waals surface area contributed by atoms with Crippen molar-refractivity contribution in [3.8, 4) is 11.4 Å². The monoisotopic (exact) mass is 474 g/mol. The summed E-state index contributed by atoms with van der Waals surface area (Å²) in [5, 5.41) is 4.91. The Hall–Kier alpha value is -3.65. The second-order valence-corrected chi connectivity index (χ2v) is 9.44. The lowest BCUT2D eigenvalue weighted by Crippen LogP contribution is -2.43. The molecule has 1 aliphatic heterocycles. The molecule has 0 spiro atoms. The Bertz CT molecular complexity index is 1380. The number of anilines is 2. The van der Waals surface area contributed by atoms with Crippen molar-refractivity contribution in [2.75, 3.05) is 30.4 Å². The van der Waals surface area contributed by atoms with E-state index in [4.69, 9.17) is 9.72 Å². The van der Waals surface area contributed by atoms with Crippen LogP contribution < -0.4 is 20.5 Å². The first-order valence-electron chi connectivity index (χ1n) is 11.3. The summed E-state index contributed by atoms with van der Waals surface area (Å²) in [5.74, 6) is 1.08. The lowest BCUT2D eigenvalue weighted by molar-refractivity contribution is -0.120. The molecule has 2 aromatic heterocycles. The summed E-state index contributed by atoms with van der Waals surface area (Å²) >= 11 is 1.40. The third-order valence-corrected chi connectivity index (χ3v) is 7.08. The molecule has 1 amide bonds. The van der Waals surface area contributed by atoms with Crippen LogP contribution in [0.5, 0.6) is 5.75 Å². The Morgan fingerprint density at radius 3 is 2.62 bits per heavy atom. The van der Waals surface area contributed by atoms with Gasteiger partial charge in [0.2, 0.25) is 11.9 Å². The quantitative estimate of drug-likeness (QED) is 0.457. The van der Waals surface area contributed by atoms with Crippen LogP contribution in [0.1, 0.15) is 18.4 Å². The number of piperidine rings is 1. The van der Waals surface area contributed by atoms with Gasteiger partial charge in [-0.1, -0.05) is 17.7 Å². The van der Waals surface area contributed by atoms with Crippen LogP contribution >= 0.6 is 11.3 Å². The molecule has 1 N–H and O–H groups in total. The van der Waals surface area contributed by atoms with Gasteiger partial charge in [-0.3, -0.25) is 9.59 Å². The maximum Gasteiger partial charge on any atom is 0.277 e. The predicted octanol–water partition coefficient (Wildman–Crippen LogP) is 4.62. The first-order chi connectivity index (χ1) is 16.5. The van der Waals surface area contributed by atoms with Crippen molar-refractivity contribution in [1.82, 2.24) is 9.55 Å². The van der Waals surface area contributed by atoms with Gasteiger partial charge in [0, 0.05) is 18.8 Å². The van der Waals surface area contributed by atoms with E-state index in [0.717, 1.165) is 42.1 Å². The molecule has 34 heavy (non-hydrogen) atoms. The maximum atomic E-state index is 13.5. The van der Waals surface area contributed by atoms with Gasteiger partial charge in [-0.25, -0.2) is 9.55 Å². The Kier molecular flexibility index (Phi) is 6.06. The number of fused-ring (bicyclic) bond motifs is 1. The van der Waals surface area contributed by atoms with Gasteiger partial charge in [0.1, 0.15) is 10.4 Å². The van der Waals surface area contributed by atoms with Crippen molar-refractivity contribution < 1.29 is 9.53 Å². The summed E-state index contributed by atoms with van der Waals surface area (Å²) in [5.41, 5.74) is 3.24. The summed E-state index contributed by atoms with van der Waals surface area (Å²) in [6.45, 7) is 3.25. The van der Waals surface area contributed by atoms with Gasteiger partial charge < -0.3 is 15.0 Å². The zero-order chi connectivity index (χ0) is 23.7. The second-order valence-electron chi connectivity index (χ2n) is 8.53. The van der Waals surface area contributed by atoms with E-state index in [1.807, 2.05) is 66.9 Å². The van der Waals surface area contributed by atoms with Gasteiger partial charge in [-0.05, 0) is 67.6 Å². The smallest absolute Gasteiger partial charge is 0.277 e. The zero-order valence-electron chi connectivity index (χ0n) is 19.2. The van der Waals surface area contributed by atoms with Crippen molar-refractivity contribution in [3.05, 3.63) is 75.9 Å². The third-order valence-electron chi connectivity index (χ3n) is 6.19. The standard InChI is InChI=1S/C26H26N4O3S/c1-17-5-9-20(10-6-17)30-25(32)23-22(13-15-34-23)28-26(30)29-14-3-4-18(16-29)24(31)27-19-7-11-21(33-2)12-8-19/h5-13,15,18H,3-4,14,16H2,1-2H3,(H,27,31). The van der Waals surface area contributed by atoms with Crippen LogP contribution in [-0.2, 0) is 4.79 Å². The number of amides is 1. The van der Waals surface area contributed by atoms with E-state index in [9.17, 15) is 9.59 Å². The fraction of sp³-hybridized carbons (Fsp3) is 0.269. The van der Waals surface area contributed by atoms with Gasteiger partial charge in [-0.2, -0.15) is 0 Å². The summed E-state index contributed by atoms with van der Waals surface area (Å²) in [4.78, 5) is 33.5. The molecule has 1 saturated heterocycles. The average Bonchev–Trinajstić information content (AvgIpc) is 3.34. The molecule has 1 fully saturated rings. The first-order valence-corrected chi connectivity index (χ1v) is 12.2. The minimum Gasteiger partial charge on any atom is -0.497 e. The van der Waals surface area contributed by atoms with Crippen LogP contribution in [0.25, 0.3) is 15.9 Å². The molecule has 1 aliphatic rings. The number of benzene rings is 2. The Balaban J connectivity index is 1.45. The van der Waals surface area contributed by atoms with Crippen LogP contribution in [0.15, 0.2) is 64.8 Å². The number of nitrogens with one attached hydrogen (secondary N) is 1. The lowest BCUT2D eigenvalue weighted by atomic mass is 9.97. The number of hydrogen-bond acceptors (Lipinski definition) is 6. The molecule has 4 aromatic rings. The van der Waals surface area contributed by atoms with Gasteiger partial charge >= 0.3 is 0 Å². The van der Waals surface area contributed by atoms with Crippen LogP contribution in [0, 0.1) is 12.8 Å². The molecular formula is C26H26N4O3S. The van der Waals surface area contributed by atoms with Crippen molar-refractivity contribution in [3.63, 3.8) is 0 Å². The Morgan fingerprint density at radius 2 is 1.88 bits per heavy atom. The number of carbonyl (C=O) groups excluding carboxylic acids is 1. The Labute approximate surface area is 201 Å². The Morgan fingerprint density at radius 1 is 1.12 bits per heavy atom. The number of nitrogens with zero attached hydrogens (tertiary/aromatic N) is 3. The van der Waals surface area contributed by atoms with E-state index < -0.39 is 0 Å².